The highest BCUT2D eigenvalue weighted by molar-refractivity contribution is 7.21. The maximum Gasteiger partial charge on any atom is 0.185 e. The van der Waals surface area contributed by atoms with Gasteiger partial charge in [0.2, 0.25) is 0 Å². The molecule has 4 rings (SSSR count). The van der Waals surface area contributed by atoms with Crippen LogP contribution in [0.3, 0.4) is 0 Å². The van der Waals surface area contributed by atoms with Crippen molar-refractivity contribution in [3.05, 3.63) is 53.9 Å². The Bertz CT molecular complexity index is 1260. The second-order valence-corrected chi connectivity index (χ2v) is 8.10. The fourth-order valence-electron chi connectivity index (χ4n) is 3.69. The summed E-state index contributed by atoms with van der Waals surface area (Å²) in [6.45, 7) is 7.33. The molecule has 6 nitrogen and oxygen atoms in total. The minimum absolute atomic E-state index is 0. The SMILES string of the molecule is CCN(CC)c1ccc2nc3c4ccccc4c(=NCCN=C(N)N)cc-3sc2c1.Cl.Cl. The largest absolute Gasteiger partial charge is 0.372 e. The van der Waals surface area contributed by atoms with Gasteiger partial charge in [-0.1, -0.05) is 24.3 Å². The molecule has 170 valence electrons. The van der Waals surface area contributed by atoms with Crippen molar-refractivity contribution in [1.82, 2.24) is 4.98 Å². The maximum absolute atomic E-state index is 5.42. The molecular formula is C23H28Cl2N6S. The van der Waals surface area contributed by atoms with E-state index in [0.717, 1.165) is 45.3 Å². The van der Waals surface area contributed by atoms with Gasteiger partial charge in [0.1, 0.15) is 0 Å². The van der Waals surface area contributed by atoms with Gasteiger partial charge in [-0.25, -0.2) is 4.98 Å². The summed E-state index contributed by atoms with van der Waals surface area (Å²) in [5.74, 6) is 0.0930. The zero-order chi connectivity index (χ0) is 21.1. The molecular weight excluding hydrogens is 463 g/mol. The van der Waals surface area contributed by atoms with Gasteiger partial charge in [0.15, 0.2) is 5.96 Å². The molecule has 9 heteroatoms. The summed E-state index contributed by atoms with van der Waals surface area (Å²) in [5.41, 5.74) is 14.1. The molecule has 4 N–H and O–H groups in total. The van der Waals surface area contributed by atoms with Gasteiger partial charge >= 0.3 is 0 Å². The highest BCUT2D eigenvalue weighted by atomic mass is 35.5. The third kappa shape index (κ3) is 5.23. The molecule has 0 fully saturated rings. The smallest absolute Gasteiger partial charge is 0.185 e. The highest BCUT2D eigenvalue weighted by Crippen LogP contribution is 2.35. The minimum Gasteiger partial charge on any atom is -0.372 e. The topological polar surface area (TPSA) is 92.9 Å². The van der Waals surface area contributed by atoms with Crippen molar-refractivity contribution in [3.8, 4) is 10.6 Å². The average molecular weight is 491 g/mol. The summed E-state index contributed by atoms with van der Waals surface area (Å²) in [6, 6.07) is 16.9. The van der Waals surface area contributed by atoms with Crippen molar-refractivity contribution in [2.45, 2.75) is 13.8 Å². The number of hydrogen-bond acceptors (Lipinski definition) is 5. The van der Waals surface area contributed by atoms with E-state index in [4.69, 9.17) is 21.4 Å². The fraction of sp³-hybridized carbons (Fsp3) is 0.261. The van der Waals surface area contributed by atoms with E-state index in [1.165, 1.54) is 10.4 Å². The maximum atomic E-state index is 5.42. The molecule has 1 aliphatic heterocycles. The van der Waals surface area contributed by atoms with E-state index < -0.39 is 0 Å². The van der Waals surface area contributed by atoms with E-state index in [0.29, 0.717) is 13.1 Å². The number of nitrogens with two attached hydrogens (primary N) is 2. The lowest BCUT2D eigenvalue weighted by atomic mass is 10.1. The van der Waals surface area contributed by atoms with Crippen molar-refractivity contribution in [2.75, 3.05) is 31.1 Å². The summed E-state index contributed by atoms with van der Waals surface area (Å²) < 4.78 is 1.17. The first kappa shape index (κ1) is 25.6. The monoisotopic (exact) mass is 490 g/mol. The van der Waals surface area contributed by atoms with Gasteiger partial charge in [-0.15, -0.1) is 36.2 Å². The van der Waals surface area contributed by atoms with Crippen LogP contribution in [0.4, 0.5) is 5.69 Å². The van der Waals surface area contributed by atoms with Crippen molar-refractivity contribution in [3.63, 3.8) is 0 Å². The molecule has 0 spiro atoms. The number of benzene rings is 3. The molecule has 0 saturated carbocycles. The standard InChI is InChI=1S/C23H26N6S.2ClH/c1-3-29(4-2)15-9-10-18-20(13-15)30-21-14-19(26-11-12-27-23(24)25)16-7-5-6-8-17(16)22(21)28-18;;/h5-10,13-14H,3-4,11-12H2,1-2H3,(H4,24,25,27);2*1H. The molecule has 0 unspecified atom stereocenters. The molecule has 0 bridgehead atoms. The van der Waals surface area contributed by atoms with Gasteiger partial charge in [-0.05, 0) is 38.1 Å². The van der Waals surface area contributed by atoms with Crippen LogP contribution in [0.2, 0.25) is 0 Å². The predicted molar refractivity (Wildman–Crippen MR) is 143 cm³/mol. The van der Waals surface area contributed by atoms with Crippen molar-refractivity contribution >= 4 is 68.8 Å². The first-order chi connectivity index (χ1) is 14.6. The van der Waals surface area contributed by atoms with Crippen LogP contribution >= 0.6 is 36.2 Å². The van der Waals surface area contributed by atoms with Crippen LogP contribution in [-0.4, -0.2) is 37.1 Å². The van der Waals surface area contributed by atoms with E-state index in [-0.39, 0.29) is 30.8 Å². The van der Waals surface area contributed by atoms with Gasteiger partial charge in [-0.3, -0.25) is 9.98 Å². The quantitative estimate of drug-likeness (QED) is 0.137. The van der Waals surface area contributed by atoms with E-state index >= 15 is 0 Å². The lowest BCUT2D eigenvalue weighted by Gasteiger charge is -2.21. The summed E-state index contributed by atoms with van der Waals surface area (Å²) in [7, 11) is 0. The Balaban J connectivity index is 0.00000181. The van der Waals surface area contributed by atoms with Crippen LogP contribution in [0.5, 0.6) is 0 Å². The van der Waals surface area contributed by atoms with Crippen LogP contribution in [0.15, 0.2) is 58.5 Å². The Morgan fingerprint density at radius 1 is 0.969 bits per heavy atom. The molecule has 32 heavy (non-hydrogen) atoms. The zero-order valence-electron chi connectivity index (χ0n) is 18.1. The van der Waals surface area contributed by atoms with Crippen LogP contribution in [0.1, 0.15) is 13.8 Å². The average Bonchev–Trinajstić information content (AvgIpc) is 2.76. The molecule has 0 radical (unpaired) electrons. The van der Waals surface area contributed by atoms with Crippen LogP contribution in [0.25, 0.3) is 31.6 Å². The van der Waals surface area contributed by atoms with Gasteiger partial charge in [-0.2, -0.15) is 0 Å². The number of guanidine groups is 1. The molecule has 2 aromatic carbocycles. The fourth-order valence-corrected chi connectivity index (χ4v) is 4.75. The van der Waals surface area contributed by atoms with Gasteiger partial charge in [0.25, 0.3) is 0 Å². The third-order valence-corrected chi connectivity index (χ3v) is 6.24. The second kappa shape index (κ2) is 11.3. The lowest BCUT2D eigenvalue weighted by Crippen LogP contribution is -2.23. The van der Waals surface area contributed by atoms with Gasteiger partial charge in [0.05, 0.1) is 39.2 Å². The van der Waals surface area contributed by atoms with E-state index in [1.807, 2.05) is 12.1 Å². The van der Waals surface area contributed by atoms with Crippen molar-refractivity contribution in [2.24, 2.45) is 21.5 Å². The van der Waals surface area contributed by atoms with Gasteiger partial charge < -0.3 is 16.4 Å². The number of aromatic nitrogens is 1. The first-order valence-electron chi connectivity index (χ1n) is 10.2. The number of fused-ring (bicyclic) bond motifs is 4. The summed E-state index contributed by atoms with van der Waals surface area (Å²) >= 11 is 1.76. The number of anilines is 1. The van der Waals surface area contributed by atoms with Crippen molar-refractivity contribution < 1.29 is 0 Å². The minimum atomic E-state index is 0. The van der Waals surface area contributed by atoms with Crippen LogP contribution < -0.4 is 21.7 Å². The Hall–Kier alpha value is -2.61. The molecule has 0 atom stereocenters. The molecule has 0 amide bonds. The van der Waals surface area contributed by atoms with Gasteiger partial charge in [0, 0.05) is 29.5 Å². The summed E-state index contributed by atoms with van der Waals surface area (Å²) in [5, 5.41) is 3.15. The Morgan fingerprint density at radius 2 is 1.69 bits per heavy atom. The first-order valence-corrected chi connectivity index (χ1v) is 11.0. The Morgan fingerprint density at radius 3 is 2.38 bits per heavy atom. The van der Waals surface area contributed by atoms with Crippen molar-refractivity contribution in [1.29, 1.82) is 0 Å². The molecule has 0 saturated heterocycles. The number of halogens is 2. The van der Waals surface area contributed by atoms with E-state index in [1.54, 1.807) is 11.3 Å². The summed E-state index contributed by atoms with van der Waals surface area (Å²) in [6.07, 6.45) is 0. The predicted octanol–water partition coefficient (Wildman–Crippen LogP) is 4.42. The molecule has 2 aromatic rings. The van der Waals surface area contributed by atoms with Crippen LogP contribution in [0, 0.1) is 0 Å². The van der Waals surface area contributed by atoms with E-state index in [2.05, 4.69) is 60.1 Å². The Labute approximate surface area is 204 Å². The second-order valence-electron chi connectivity index (χ2n) is 7.01. The molecule has 1 heterocycles. The molecule has 1 aliphatic carbocycles. The third-order valence-electron chi connectivity index (χ3n) is 5.16. The molecule has 0 aromatic heterocycles. The van der Waals surface area contributed by atoms with E-state index in [9.17, 15) is 0 Å². The number of hydrogen-bond donors (Lipinski definition) is 2. The number of rotatable bonds is 6. The summed E-state index contributed by atoms with van der Waals surface area (Å²) in [4.78, 5) is 17.3. The van der Waals surface area contributed by atoms with Crippen LogP contribution in [-0.2, 0) is 0 Å². The zero-order valence-corrected chi connectivity index (χ0v) is 20.6. The molecule has 2 aliphatic rings. The number of aliphatic imine (C=N–C) groups is 1. The number of nitrogens with zero attached hydrogens (tertiary/aromatic N) is 4. The Kier molecular flexibility index (Phi) is 9.07. The normalized spacial score (nSPS) is 11.2. The lowest BCUT2D eigenvalue weighted by molar-refractivity contribution is 0.867. The highest BCUT2D eigenvalue weighted by Gasteiger charge is 2.14.